The number of carboxylic acids is 1. The Labute approximate surface area is 83.5 Å². The lowest BCUT2D eigenvalue weighted by Crippen LogP contribution is -2.00. The van der Waals surface area contributed by atoms with Crippen LogP contribution < -0.4 is 0 Å². The van der Waals surface area contributed by atoms with Crippen LogP contribution in [-0.2, 0) is 18.3 Å². The molecule has 1 heterocycles. The van der Waals surface area contributed by atoms with Crippen molar-refractivity contribution in [1.82, 2.24) is 9.78 Å². The van der Waals surface area contributed by atoms with Crippen LogP contribution in [0.1, 0.15) is 37.6 Å². The van der Waals surface area contributed by atoms with Crippen molar-refractivity contribution in [3.63, 3.8) is 0 Å². The number of hydrogen-bond donors (Lipinski definition) is 1. The first-order valence-corrected chi connectivity index (χ1v) is 4.75. The van der Waals surface area contributed by atoms with Crippen LogP contribution in [0.15, 0.2) is 6.07 Å². The van der Waals surface area contributed by atoms with Gasteiger partial charge in [-0.25, -0.2) is 0 Å². The third kappa shape index (κ3) is 2.58. The largest absolute Gasteiger partial charge is 0.481 e. The normalized spacial score (nSPS) is 10.9. The van der Waals surface area contributed by atoms with Gasteiger partial charge in [0.15, 0.2) is 0 Å². The smallest absolute Gasteiger partial charge is 0.303 e. The van der Waals surface area contributed by atoms with E-state index >= 15 is 0 Å². The highest BCUT2D eigenvalue weighted by Gasteiger charge is 2.09. The van der Waals surface area contributed by atoms with Crippen molar-refractivity contribution in [3.05, 3.63) is 17.5 Å². The fourth-order valence-corrected chi connectivity index (χ4v) is 1.44. The van der Waals surface area contributed by atoms with E-state index in [9.17, 15) is 4.79 Å². The van der Waals surface area contributed by atoms with Gasteiger partial charge in [-0.05, 0) is 12.0 Å². The lowest BCUT2D eigenvalue weighted by Gasteiger charge is -2.02. The number of aromatic nitrogens is 2. The minimum absolute atomic E-state index is 0.147. The van der Waals surface area contributed by atoms with Crippen LogP contribution in [0.2, 0.25) is 0 Å². The number of aliphatic carboxylic acids is 1. The zero-order valence-electron chi connectivity index (χ0n) is 8.82. The maximum atomic E-state index is 10.4. The Balaban J connectivity index is 2.71. The minimum Gasteiger partial charge on any atom is -0.481 e. The topological polar surface area (TPSA) is 55.1 Å². The molecule has 1 aromatic rings. The predicted molar refractivity (Wildman–Crippen MR) is 53.3 cm³/mol. The van der Waals surface area contributed by atoms with Crippen molar-refractivity contribution in [2.75, 3.05) is 0 Å². The van der Waals surface area contributed by atoms with Crippen molar-refractivity contribution >= 4 is 5.97 Å². The predicted octanol–water partition coefficient (Wildman–Crippen LogP) is 1.56. The molecule has 0 unspecified atom stereocenters. The maximum absolute atomic E-state index is 10.4. The summed E-state index contributed by atoms with van der Waals surface area (Å²) in [7, 11) is 1.89. The highest BCUT2D eigenvalue weighted by molar-refractivity contribution is 5.66. The third-order valence-corrected chi connectivity index (χ3v) is 2.15. The van der Waals surface area contributed by atoms with Gasteiger partial charge in [0.05, 0.1) is 12.1 Å². The highest BCUT2D eigenvalue weighted by atomic mass is 16.4. The summed E-state index contributed by atoms with van der Waals surface area (Å²) >= 11 is 0. The van der Waals surface area contributed by atoms with Crippen LogP contribution in [0.4, 0.5) is 0 Å². The van der Waals surface area contributed by atoms with Crippen molar-refractivity contribution in [3.8, 4) is 0 Å². The van der Waals surface area contributed by atoms with Gasteiger partial charge in [0, 0.05) is 19.2 Å². The summed E-state index contributed by atoms with van der Waals surface area (Å²) in [4.78, 5) is 10.4. The second kappa shape index (κ2) is 4.26. The molecule has 0 saturated heterocycles. The van der Waals surface area contributed by atoms with Crippen LogP contribution >= 0.6 is 0 Å². The lowest BCUT2D eigenvalue weighted by atomic mass is 10.1. The zero-order valence-corrected chi connectivity index (χ0v) is 8.82. The third-order valence-electron chi connectivity index (χ3n) is 2.15. The Morgan fingerprint density at radius 2 is 2.29 bits per heavy atom. The number of hydrogen-bond acceptors (Lipinski definition) is 2. The van der Waals surface area contributed by atoms with Crippen LogP contribution in [0.5, 0.6) is 0 Å². The molecular weight excluding hydrogens is 180 g/mol. The van der Waals surface area contributed by atoms with Crippen molar-refractivity contribution in [1.29, 1.82) is 0 Å². The van der Waals surface area contributed by atoms with E-state index in [2.05, 4.69) is 18.9 Å². The number of aryl methyl sites for hydroxylation is 2. The van der Waals surface area contributed by atoms with Crippen molar-refractivity contribution < 1.29 is 9.90 Å². The molecule has 0 bridgehead atoms. The van der Waals surface area contributed by atoms with Gasteiger partial charge in [0.2, 0.25) is 0 Å². The Morgan fingerprint density at radius 1 is 1.64 bits per heavy atom. The summed E-state index contributed by atoms with van der Waals surface area (Å²) < 4.78 is 1.82. The zero-order chi connectivity index (χ0) is 10.7. The SMILES string of the molecule is CC(C)c1cc(CCC(=O)O)nn1C. The summed E-state index contributed by atoms with van der Waals surface area (Å²) in [5.74, 6) is -0.354. The van der Waals surface area contributed by atoms with E-state index in [0.717, 1.165) is 11.4 Å². The fourth-order valence-electron chi connectivity index (χ4n) is 1.44. The molecule has 0 aliphatic heterocycles. The van der Waals surface area contributed by atoms with Gasteiger partial charge < -0.3 is 5.11 Å². The van der Waals surface area contributed by atoms with E-state index in [0.29, 0.717) is 12.3 Å². The molecule has 0 spiro atoms. The molecule has 0 fully saturated rings. The van der Waals surface area contributed by atoms with Crippen molar-refractivity contribution in [2.24, 2.45) is 7.05 Å². The van der Waals surface area contributed by atoms with Gasteiger partial charge in [-0.1, -0.05) is 13.8 Å². The quantitative estimate of drug-likeness (QED) is 0.795. The Kier molecular flexibility index (Phi) is 3.28. The number of carbonyl (C=O) groups is 1. The number of carboxylic acid groups (broad SMARTS) is 1. The van der Waals surface area contributed by atoms with E-state index in [1.807, 2.05) is 17.8 Å². The van der Waals surface area contributed by atoms with Crippen LogP contribution in [0, 0.1) is 0 Å². The molecule has 0 saturated carbocycles. The molecule has 0 aromatic carbocycles. The van der Waals surface area contributed by atoms with E-state index in [1.165, 1.54) is 0 Å². The number of nitrogens with zero attached hydrogens (tertiary/aromatic N) is 2. The molecule has 1 aromatic heterocycles. The average Bonchev–Trinajstić information content (AvgIpc) is 2.43. The van der Waals surface area contributed by atoms with E-state index in [-0.39, 0.29) is 6.42 Å². The van der Waals surface area contributed by atoms with Gasteiger partial charge in [-0.15, -0.1) is 0 Å². The van der Waals surface area contributed by atoms with E-state index in [1.54, 1.807) is 0 Å². The number of rotatable bonds is 4. The first-order valence-electron chi connectivity index (χ1n) is 4.75. The average molecular weight is 196 g/mol. The van der Waals surface area contributed by atoms with Gasteiger partial charge in [-0.2, -0.15) is 5.10 Å². The molecule has 1 rings (SSSR count). The molecule has 4 nitrogen and oxygen atoms in total. The molecule has 1 N–H and O–H groups in total. The van der Waals surface area contributed by atoms with Gasteiger partial charge in [0.1, 0.15) is 0 Å². The molecule has 0 aliphatic carbocycles. The molecule has 0 amide bonds. The molecule has 14 heavy (non-hydrogen) atoms. The molecule has 78 valence electrons. The second-order valence-electron chi connectivity index (χ2n) is 3.73. The molecule has 4 heteroatoms. The molecule has 0 atom stereocenters. The van der Waals surface area contributed by atoms with Crippen LogP contribution in [0.3, 0.4) is 0 Å². The standard InChI is InChI=1S/C10H16N2O2/c1-7(2)9-6-8(11-12(9)3)4-5-10(13)14/h6-7H,4-5H2,1-3H3,(H,13,14). The fraction of sp³-hybridized carbons (Fsp3) is 0.600. The maximum Gasteiger partial charge on any atom is 0.303 e. The minimum atomic E-state index is -0.776. The first kappa shape index (κ1) is 10.8. The van der Waals surface area contributed by atoms with Crippen molar-refractivity contribution in [2.45, 2.75) is 32.6 Å². The Hall–Kier alpha value is -1.32. The van der Waals surface area contributed by atoms with Crippen LogP contribution in [-0.4, -0.2) is 20.9 Å². The summed E-state index contributed by atoms with van der Waals surface area (Å²) in [5, 5.41) is 12.8. The first-order chi connectivity index (χ1) is 6.50. The monoisotopic (exact) mass is 196 g/mol. The highest BCUT2D eigenvalue weighted by Crippen LogP contribution is 2.15. The molecule has 0 radical (unpaired) electrons. The van der Waals surface area contributed by atoms with E-state index < -0.39 is 5.97 Å². The molecule has 0 aliphatic rings. The second-order valence-corrected chi connectivity index (χ2v) is 3.73. The Morgan fingerprint density at radius 3 is 2.71 bits per heavy atom. The summed E-state index contributed by atoms with van der Waals surface area (Å²) in [6, 6.07) is 1.98. The summed E-state index contributed by atoms with van der Waals surface area (Å²) in [6.45, 7) is 4.19. The summed E-state index contributed by atoms with van der Waals surface area (Å²) in [5.41, 5.74) is 2.00. The Bertz CT molecular complexity index is 329. The van der Waals surface area contributed by atoms with Gasteiger partial charge >= 0.3 is 5.97 Å². The van der Waals surface area contributed by atoms with Crippen LogP contribution in [0.25, 0.3) is 0 Å². The lowest BCUT2D eigenvalue weighted by molar-refractivity contribution is -0.136. The van der Waals surface area contributed by atoms with Gasteiger partial charge in [0.25, 0.3) is 0 Å². The summed E-state index contributed by atoms with van der Waals surface area (Å²) in [6.07, 6.45) is 0.657. The van der Waals surface area contributed by atoms with E-state index in [4.69, 9.17) is 5.11 Å². The molecular formula is C10H16N2O2. The van der Waals surface area contributed by atoms with Gasteiger partial charge in [-0.3, -0.25) is 9.48 Å².